The van der Waals surface area contributed by atoms with Gasteiger partial charge >= 0.3 is 0 Å². The third-order valence-electron chi connectivity index (χ3n) is 4.46. The lowest BCUT2D eigenvalue weighted by atomic mass is 10.0. The van der Waals surface area contributed by atoms with Gasteiger partial charge in [0.2, 0.25) is 5.91 Å². The Hall–Kier alpha value is -1.59. The van der Waals surface area contributed by atoms with E-state index in [-0.39, 0.29) is 18.4 Å². The number of benzene rings is 1. The number of likely N-dealkylation sites (tertiary alicyclic amines) is 1. The topological polar surface area (TPSA) is 62.6 Å². The van der Waals surface area contributed by atoms with Crippen molar-refractivity contribution in [3.05, 3.63) is 28.8 Å². The zero-order valence-electron chi connectivity index (χ0n) is 13.7. The fraction of sp³-hybridized carbons (Fsp3) is 0.529. The molecule has 1 heterocycles. The van der Waals surface area contributed by atoms with Gasteiger partial charge in [0, 0.05) is 10.7 Å². The highest BCUT2D eigenvalue weighted by Crippen LogP contribution is 2.22. The Morgan fingerprint density at radius 3 is 2.83 bits per heavy atom. The summed E-state index contributed by atoms with van der Waals surface area (Å²) in [4.78, 5) is 25.3. The molecule has 1 aromatic carbocycles. The Morgan fingerprint density at radius 1 is 1.30 bits per heavy atom. The fourth-order valence-corrected chi connectivity index (χ4v) is 3.08. The Balaban J connectivity index is 1.77. The Kier molecular flexibility index (Phi) is 6.42. The number of halogens is 1. The lowest BCUT2D eigenvalue weighted by molar-refractivity contribution is -0.920. The molecule has 1 aliphatic heterocycles. The molecule has 23 heavy (non-hydrogen) atoms. The number of nitrogens with one attached hydrogen (secondary N) is 3. The second kappa shape index (κ2) is 8.31. The minimum Gasteiger partial charge on any atom is -0.342 e. The molecule has 5 nitrogen and oxygen atoms in total. The molecule has 2 rings (SSSR count). The van der Waals surface area contributed by atoms with Crippen LogP contribution in [0.2, 0.25) is 5.02 Å². The largest absolute Gasteiger partial charge is 0.342 e. The maximum atomic E-state index is 12.0. The number of quaternary nitrogens is 1. The van der Waals surface area contributed by atoms with Gasteiger partial charge in [-0.3, -0.25) is 9.59 Å². The third-order valence-corrected chi connectivity index (χ3v) is 4.87. The Labute approximate surface area is 142 Å². The number of amides is 2. The van der Waals surface area contributed by atoms with Crippen molar-refractivity contribution < 1.29 is 14.5 Å². The molecular weight excluding hydrogens is 314 g/mol. The number of carbonyl (C=O) groups excluding carboxylic acids is 2. The van der Waals surface area contributed by atoms with Crippen molar-refractivity contribution >= 4 is 29.1 Å². The van der Waals surface area contributed by atoms with Gasteiger partial charge in [0.25, 0.3) is 5.91 Å². The molecule has 6 heteroatoms. The molecule has 1 saturated heterocycles. The molecule has 2 atom stereocenters. The van der Waals surface area contributed by atoms with E-state index in [0.717, 1.165) is 18.5 Å². The molecule has 1 aromatic rings. The average Bonchev–Trinajstić information content (AvgIpc) is 2.52. The molecular formula is C17H25ClN3O2+. The van der Waals surface area contributed by atoms with Crippen LogP contribution in [-0.2, 0) is 9.59 Å². The minimum absolute atomic E-state index is 0.0214. The van der Waals surface area contributed by atoms with Gasteiger partial charge in [0.05, 0.1) is 19.1 Å². The highest BCUT2D eigenvalue weighted by atomic mass is 35.5. The number of hydrogen-bond donors (Lipinski definition) is 3. The van der Waals surface area contributed by atoms with Gasteiger partial charge in [-0.05, 0) is 50.8 Å². The molecule has 0 aromatic heterocycles. The van der Waals surface area contributed by atoms with Crippen LogP contribution in [0.15, 0.2) is 18.2 Å². The van der Waals surface area contributed by atoms with Gasteiger partial charge in [-0.25, -0.2) is 0 Å². The van der Waals surface area contributed by atoms with Crippen LogP contribution in [0.25, 0.3) is 0 Å². The number of carbonyl (C=O) groups is 2. The predicted molar refractivity (Wildman–Crippen MR) is 91.8 cm³/mol. The van der Waals surface area contributed by atoms with Gasteiger partial charge in [0.15, 0.2) is 6.54 Å². The van der Waals surface area contributed by atoms with Crippen LogP contribution in [-0.4, -0.2) is 37.5 Å². The minimum atomic E-state index is -0.245. The summed E-state index contributed by atoms with van der Waals surface area (Å²) >= 11 is 6.02. The molecule has 126 valence electrons. The van der Waals surface area contributed by atoms with Crippen LogP contribution in [0.4, 0.5) is 5.69 Å². The summed E-state index contributed by atoms with van der Waals surface area (Å²) in [7, 11) is 0. The molecule has 1 unspecified atom stereocenters. The van der Waals surface area contributed by atoms with Crippen molar-refractivity contribution in [1.82, 2.24) is 5.32 Å². The second-order valence-corrected chi connectivity index (χ2v) is 6.63. The quantitative estimate of drug-likeness (QED) is 0.754. The van der Waals surface area contributed by atoms with E-state index in [1.165, 1.54) is 17.7 Å². The van der Waals surface area contributed by atoms with Crippen LogP contribution in [0.1, 0.15) is 31.7 Å². The van der Waals surface area contributed by atoms with E-state index >= 15 is 0 Å². The van der Waals surface area contributed by atoms with Crippen LogP contribution in [0, 0.1) is 6.92 Å². The molecule has 0 bridgehead atoms. The number of anilines is 1. The van der Waals surface area contributed by atoms with Crippen LogP contribution >= 0.6 is 11.6 Å². The van der Waals surface area contributed by atoms with Gasteiger partial charge in [-0.15, -0.1) is 0 Å². The van der Waals surface area contributed by atoms with Gasteiger partial charge in [0.1, 0.15) is 0 Å². The first kappa shape index (κ1) is 17.8. The second-order valence-electron chi connectivity index (χ2n) is 6.22. The highest BCUT2D eigenvalue weighted by molar-refractivity contribution is 6.31. The van der Waals surface area contributed by atoms with E-state index in [1.807, 2.05) is 6.92 Å². The summed E-state index contributed by atoms with van der Waals surface area (Å²) < 4.78 is 0. The Morgan fingerprint density at radius 2 is 2.09 bits per heavy atom. The molecule has 1 aliphatic rings. The molecule has 0 saturated carbocycles. The van der Waals surface area contributed by atoms with Crippen molar-refractivity contribution in [3.63, 3.8) is 0 Å². The first-order valence-corrected chi connectivity index (χ1v) is 8.51. The highest BCUT2D eigenvalue weighted by Gasteiger charge is 2.24. The summed E-state index contributed by atoms with van der Waals surface area (Å²) in [6.45, 7) is 5.47. The summed E-state index contributed by atoms with van der Waals surface area (Å²) in [5.74, 6) is -0.322. The predicted octanol–water partition coefficient (Wildman–Crippen LogP) is 1.16. The third kappa shape index (κ3) is 5.22. The summed E-state index contributed by atoms with van der Waals surface area (Å²) in [5, 5.41) is 6.08. The molecule has 0 aliphatic carbocycles. The molecule has 1 fully saturated rings. The van der Waals surface area contributed by atoms with E-state index < -0.39 is 0 Å². The maximum Gasteiger partial charge on any atom is 0.275 e. The van der Waals surface area contributed by atoms with Gasteiger partial charge < -0.3 is 15.5 Å². The van der Waals surface area contributed by atoms with E-state index in [9.17, 15) is 9.59 Å². The van der Waals surface area contributed by atoms with Crippen molar-refractivity contribution in [3.8, 4) is 0 Å². The van der Waals surface area contributed by atoms with E-state index in [4.69, 9.17) is 11.6 Å². The average molecular weight is 339 g/mol. The van der Waals surface area contributed by atoms with E-state index in [1.54, 1.807) is 18.2 Å². The maximum absolute atomic E-state index is 12.0. The smallest absolute Gasteiger partial charge is 0.275 e. The van der Waals surface area contributed by atoms with Gasteiger partial charge in [-0.2, -0.15) is 0 Å². The SMILES string of the molecule is Cc1c(Cl)cccc1NC(=O)CNC(=O)C[NH+]1CCCC[C@H]1C. The molecule has 0 spiro atoms. The van der Waals surface area contributed by atoms with Crippen molar-refractivity contribution in [2.24, 2.45) is 0 Å². The summed E-state index contributed by atoms with van der Waals surface area (Å²) in [5.41, 5.74) is 1.49. The van der Waals surface area contributed by atoms with Crippen molar-refractivity contribution in [2.75, 3.05) is 25.0 Å². The summed E-state index contributed by atoms with van der Waals surface area (Å²) in [6.07, 6.45) is 3.58. The molecule has 2 amide bonds. The van der Waals surface area contributed by atoms with E-state index in [2.05, 4.69) is 17.6 Å². The van der Waals surface area contributed by atoms with Crippen molar-refractivity contribution in [1.29, 1.82) is 0 Å². The van der Waals surface area contributed by atoms with E-state index in [0.29, 0.717) is 23.3 Å². The zero-order chi connectivity index (χ0) is 16.8. The normalized spacial score (nSPS) is 20.8. The van der Waals surface area contributed by atoms with Crippen LogP contribution in [0.3, 0.4) is 0 Å². The summed E-state index contributed by atoms with van der Waals surface area (Å²) in [6, 6.07) is 5.86. The lowest BCUT2D eigenvalue weighted by Crippen LogP contribution is -3.17. The number of piperidine rings is 1. The monoisotopic (exact) mass is 338 g/mol. The standard InChI is InChI=1S/C17H24ClN3O2/c1-12-6-3-4-9-21(12)11-17(23)19-10-16(22)20-15-8-5-7-14(18)13(15)2/h5,7-8,12H,3-4,6,9-11H2,1-2H3,(H,19,23)(H,20,22)/p+1/t12-/m1/s1. The number of hydrogen-bond acceptors (Lipinski definition) is 2. The van der Waals surface area contributed by atoms with Gasteiger partial charge in [-0.1, -0.05) is 17.7 Å². The molecule has 0 radical (unpaired) electrons. The van der Waals surface area contributed by atoms with Crippen molar-refractivity contribution in [2.45, 2.75) is 39.2 Å². The number of rotatable bonds is 5. The molecule has 3 N–H and O–H groups in total. The first-order chi connectivity index (χ1) is 11.0. The first-order valence-electron chi connectivity index (χ1n) is 8.13. The lowest BCUT2D eigenvalue weighted by Gasteiger charge is -2.29. The zero-order valence-corrected chi connectivity index (χ0v) is 14.5. The van der Waals surface area contributed by atoms with Crippen LogP contribution in [0.5, 0.6) is 0 Å². The fourth-order valence-electron chi connectivity index (χ4n) is 2.90. The van der Waals surface area contributed by atoms with Crippen LogP contribution < -0.4 is 15.5 Å². The Bertz CT molecular complexity index is 577.